The molecule has 0 saturated heterocycles. The van der Waals surface area contributed by atoms with Crippen LogP contribution < -0.4 is 5.32 Å². The van der Waals surface area contributed by atoms with Gasteiger partial charge in [-0.25, -0.2) is 4.98 Å². The van der Waals surface area contributed by atoms with Crippen LogP contribution in [-0.4, -0.2) is 17.6 Å². The van der Waals surface area contributed by atoms with Crippen molar-refractivity contribution in [3.63, 3.8) is 0 Å². The minimum Gasteiger partial charge on any atom is -0.445 e. The SMILES string of the molecule is CC(C)NCCc1ncc(C2CCCCCCC2)o1. The molecule has 0 bridgehead atoms. The highest BCUT2D eigenvalue weighted by Gasteiger charge is 2.17. The summed E-state index contributed by atoms with van der Waals surface area (Å²) in [6, 6.07) is 0.528. The Bertz CT molecular complexity index is 351. The van der Waals surface area contributed by atoms with E-state index in [9.17, 15) is 0 Å². The Balaban J connectivity index is 1.84. The summed E-state index contributed by atoms with van der Waals surface area (Å²) in [5, 5.41) is 3.40. The third-order valence-corrected chi connectivity index (χ3v) is 3.97. The maximum atomic E-state index is 5.95. The first-order valence-corrected chi connectivity index (χ1v) is 7.93. The van der Waals surface area contributed by atoms with Gasteiger partial charge in [0.25, 0.3) is 0 Å². The molecule has 0 unspecified atom stereocenters. The van der Waals surface area contributed by atoms with E-state index in [-0.39, 0.29) is 0 Å². The van der Waals surface area contributed by atoms with Crippen molar-refractivity contribution < 1.29 is 4.42 Å². The lowest BCUT2D eigenvalue weighted by atomic mass is 9.90. The maximum Gasteiger partial charge on any atom is 0.195 e. The molecule has 1 heterocycles. The fourth-order valence-electron chi connectivity index (χ4n) is 2.84. The van der Waals surface area contributed by atoms with Crippen molar-refractivity contribution in [3.05, 3.63) is 17.8 Å². The second-order valence-corrected chi connectivity index (χ2v) is 6.06. The van der Waals surface area contributed by atoms with Crippen LogP contribution in [0.5, 0.6) is 0 Å². The Kier molecular flexibility index (Phi) is 5.90. The van der Waals surface area contributed by atoms with Gasteiger partial charge in [-0.2, -0.15) is 0 Å². The van der Waals surface area contributed by atoms with Gasteiger partial charge in [0, 0.05) is 24.9 Å². The average Bonchev–Trinajstić information content (AvgIpc) is 2.76. The molecule has 1 aromatic rings. The van der Waals surface area contributed by atoms with Crippen LogP contribution in [0.2, 0.25) is 0 Å². The lowest BCUT2D eigenvalue weighted by molar-refractivity contribution is 0.369. The molecule has 1 saturated carbocycles. The summed E-state index contributed by atoms with van der Waals surface area (Å²) in [4.78, 5) is 4.44. The highest BCUT2D eigenvalue weighted by molar-refractivity contribution is 5.02. The minimum absolute atomic E-state index is 0.528. The van der Waals surface area contributed by atoms with E-state index in [1.165, 1.54) is 44.9 Å². The molecule has 1 aromatic heterocycles. The van der Waals surface area contributed by atoms with Crippen molar-refractivity contribution in [2.45, 2.75) is 77.2 Å². The van der Waals surface area contributed by atoms with Gasteiger partial charge in [-0.3, -0.25) is 0 Å². The number of aromatic nitrogens is 1. The minimum atomic E-state index is 0.528. The third kappa shape index (κ3) is 4.98. The van der Waals surface area contributed by atoms with Gasteiger partial charge in [0.2, 0.25) is 0 Å². The zero-order chi connectivity index (χ0) is 13.5. The van der Waals surface area contributed by atoms with Crippen LogP contribution in [0.3, 0.4) is 0 Å². The van der Waals surface area contributed by atoms with E-state index in [4.69, 9.17) is 4.42 Å². The van der Waals surface area contributed by atoms with Gasteiger partial charge in [0.1, 0.15) is 5.76 Å². The van der Waals surface area contributed by atoms with Gasteiger partial charge in [-0.15, -0.1) is 0 Å². The van der Waals surface area contributed by atoms with Gasteiger partial charge >= 0.3 is 0 Å². The fourth-order valence-corrected chi connectivity index (χ4v) is 2.84. The molecule has 1 aliphatic rings. The summed E-state index contributed by atoms with van der Waals surface area (Å²) in [5.41, 5.74) is 0. The standard InChI is InChI=1S/C16H28N2O/c1-13(2)17-11-10-16-18-12-15(19-16)14-8-6-4-3-5-7-9-14/h12-14,17H,3-11H2,1-2H3. The van der Waals surface area contributed by atoms with Crippen molar-refractivity contribution in [1.29, 1.82) is 0 Å². The first-order chi connectivity index (χ1) is 9.25. The number of oxazole rings is 1. The molecule has 1 N–H and O–H groups in total. The predicted octanol–water partition coefficient (Wildman–Crippen LogP) is 4.04. The second kappa shape index (κ2) is 7.68. The topological polar surface area (TPSA) is 38.1 Å². The molecule has 0 spiro atoms. The molecular weight excluding hydrogens is 236 g/mol. The Hall–Kier alpha value is -0.830. The zero-order valence-electron chi connectivity index (χ0n) is 12.5. The van der Waals surface area contributed by atoms with Crippen LogP contribution in [0, 0.1) is 0 Å². The summed E-state index contributed by atoms with van der Waals surface area (Å²) in [6.07, 6.45) is 12.3. The smallest absolute Gasteiger partial charge is 0.195 e. The van der Waals surface area contributed by atoms with Crippen molar-refractivity contribution in [2.75, 3.05) is 6.54 Å². The molecule has 108 valence electrons. The van der Waals surface area contributed by atoms with Crippen molar-refractivity contribution in [3.8, 4) is 0 Å². The largest absolute Gasteiger partial charge is 0.445 e. The van der Waals surface area contributed by atoms with Crippen LogP contribution in [-0.2, 0) is 6.42 Å². The quantitative estimate of drug-likeness (QED) is 0.872. The number of nitrogens with zero attached hydrogens (tertiary/aromatic N) is 1. The first kappa shape index (κ1) is 14.6. The van der Waals surface area contributed by atoms with Crippen molar-refractivity contribution in [2.24, 2.45) is 0 Å². The highest BCUT2D eigenvalue weighted by atomic mass is 16.4. The van der Waals surface area contributed by atoms with E-state index in [0.717, 1.165) is 24.6 Å². The zero-order valence-corrected chi connectivity index (χ0v) is 12.5. The van der Waals surface area contributed by atoms with Gasteiger partial charge in [-0.1, -0.05) is 46.0 Å². The summed E-state index contributed by atoms with van der Waals surface area (Å²) in [5.74, 6) is 2.63. The number of hydrogen-bond donors (Lipinski definition) is 1. The lowest BCUT2D eigenvalue weighted by Gasteiger charge is -2.16. The van der Waals surface area contributed by atoms with Crippen LogP contribution in [0.25, 0.3) is 0 Å². The summed E-state index contributed by atoms with van der Waals surface area (Å²) >= 11 is 0. The molecule has 0 amide bonds. The fraction of sp³-hybridized carbons (Fsp3) is 0.812. The molecule has 0 atom stereocenters. The molecule has 2 rings (SSSR count). The first-order valence-electron chi connectivity index (χ1n) is 7.93. The van der Waals surface area contributed by atoms with Crippen molar-refractivity contribution in [1.82, 2.24) is 10.3 Å². The Morgan fingerprint density at radius 2 is 1.89 bits per heavy atom. The summed E-state index contributed by atoms with van der Waals surface area (Å²) in [7, 11) is 0. The second-order valence-electron chi connectivity index (χ2n) is 6.06. The summed E-state index contributed by atoms with van der Waals surface area (Å²) < 4.78 is 5.95. The van der Waals surface area contributed by atoms with Crippen LogP contribution >= 0.6 is 0 Å². The van der Waals surface area contributed by atoms with E-state index in [2.05, 4.69) is 24.1 Å². The van der Waals surface area contributed by atoms with E-state index in [0.29, 0.717) is 12.0 Å². The molecule has 3 heteroatoms. The molecule has 19 heavy (non-hydrogen) atoms. The molecule has 1 fully saturated rings. The molecule has 3 nitrogen and oxygen atoms in total. The Morgan fingerprint density at radius 3 is 2.58 bits per heavy atom. The molecule has 0 aliphatic heterocycles. The van der Waals surface area contributed by atoms with E-state index in [1.54, 1.807) is 0 Å². The van der Waals surface area contributed by atoms with Gasteiger partial charge in [0.05, 0.1) is 6.20 Å². The normalized spacial score (nSPS) is 18.5. The molecule has 1 aliphatic carbocycles. The Morgan fingerprint density at radius 1 is 1.21 bits per heavy atom. The number of nitrogens with one attached hydrogen (secondary N) is 1. The van der Waals surface area contributed by atoms with Crippen LogP contribution in [0.1, 0.15) is 76.4 Å². The predicted molar refractivity (Wildman–Crippen MR) is 78.4 cm³/mol. The van der Waals surface area contributed by atoms with Crippen LogP contribution in [0.4, 0.5) is 0 Å². The van der Waals surface area contributed by atoms with Gasteiger partial charge in [0.15, 0.2) is 5.89 Å². The molecular formula is C16H28N2O. The van der Waals surface area contributed by atoms with E-state index >= 15 is 0 Å². The van der Waals surface area contributed by atoms with Crippen LogP contribution in [0.15, 0.2) is 10.6 Å². The number of hydrogen-bond acceptors (Lipinski definition) is 3. The average molecular weight is 264 g/mol. The van der Waals surface area contributed by atoms with E-state index < -0.39 is 0 Å². The maximum absolute atomic E-state index is 5.95. The highest BCUT2D eigenvalue weighted by Crippen LogP contribution is 2.31. The molecule has 0 radical (unpaired) electrons. The van der Waals surface area contributed by atoms with Crippen molar-refractivity contribution >= 4 is 0 Å². The van der Waals surface area contributed by atoms with E-state index in [1.807, 2.05) is 6.20 Å². The lowest BCUT2D eigenvalue weighted by Crippen LogP contribution is -2.24. The molecule has 0 aromatic carbocycles. The number of rotatable bonds is 5. The monoisotopic (exact) mass is 264 g/mol. The van der Waals surface area contributed by atoms with Gasteiger partial charge in [-0.05, 0) is 12.8 Å². The van der Waals surface area contributed by atoms with Gasteiger partial charge < -0.3 is 9.73 Å². The third-order valence-electron chi connectivity index (χ3n) is 3.97. The summed E-state index contributed by atoms with van der Waals surface area (Å²) in [6.45, 7) is 5.27. The Labute approximate surface area is 117 Å².